The van der Waals surface area contributed by atoms with Crippen LogP contribution in [0, 0.1) is 10.1 Å². The van der Waals surface area contributed by atoms with Gasteiger partial charge in [0.05, 0.1) is 16.0 Å². The summed E-state index contributed by atoms with van der Waals surface area (Å²) >= 11 is 4.65. The van der Waals surface area contributed by atoms with Crippen LogP contribution < -0.4 is 14.9 Å². The predicted molar refractivity (Wildman–Crippen MR) is 104 cm³/mol. The molecule has 1 aliphatic rings. The number of nitrogens with zero attached hydrogens (tertiary/aromatic N) is 2. The maximum absolute atomic E-state index is 12.3. The normalized spacial score (nSPS) is 12.6. The van der Waals surface area contributed by atoms with Gasteiger partial charge in [-0.05, 0) is 40.2 Å². The number of carbonyl (C=O) groups excluding carboxylic acids is 1. The van der Waals surface area contributed by atoms with Crippen molar-refractivity contribution >= 4 is 55.2 Å². The second kappa shape index (κ2) is 6.97. The summed E-state index contributed by atoms with van der Waals surface area (Å²) in [7, 11) is 0. The van der Waals surface area contributed by atoms with Crippen LogP contribution in [0.15, 0.2) is 46.0 Å². The minimum Gasteiger partial charge on any atom is -0.454 e. The second-order valence-corrected chi connectivity index (χ2v) is 7.45. The number of hydrogen-bond acceptors (Lipinski definition) is 7. The zero-order chi connectivity index (χ0) is 19.0. The van der Waals surface area contributed by atoms with E-state index in [1.165, 1.54) is 29.7 Å². The van der Waals surface area contributed by atoms with Gasteiger partial charge in [-0.25, -0.2) is 5.43 Å². The number of nitro groups is 1. The Morgan fingerprint density at radius 2 is 2.04 bits per heavy atom. The van der Waals surface area contributed by atoms with Crippen LogP contribution in [0.2, 0.25) is 0 Å². The van der Waals surface area contributed by atoms with E-state index in [2.05, 4.69) is 26.5 Å². The van der Waals surface area contributed by atoms with Crippen molar-refractivity contribution in [2.24, 2.45) is 5.10 Å². The number of thiophene rings is 1. The van der Waals surface area contributed by atoms with Crippen molar-refractivity contribution in [1.29, 1.82) is 0 Å². The summed E-state index contributed by atoms with van der Waals surface area (Å²) in [6, 6.07) is 9.60. The van der Waals surface area contributed by atoms with E-state index in [4.69, 9.17) is 9.47 Å². The van der Waals surface area contributed by atoms with Gasteiger partial charge < -0.3 is 9.47 Å². The largest absolute Gasteiger partial charge is 0.454 e. The molecule has 1 amide bonds. The maximum Gasteiger partial charge on any atom is 0.281 e. The van der Waals surface area contributed by atoms with Gasteiger partial charge in [-0.3, -0.25) is 14.9 Å². The Morgan fingerprint density at radius 3 is 2.81 bits per heavy atom. The molecule has 3 aromatic rings. The number of fused-ring (bicyclic) bond motifs is 2. The first kappa shape index (κ1) is 17.4. The van der Waals surface area contributed by atoms with E-state index in [0.717, 1.165) is 9.17 Å². The number of ether oxygens (including phenoxy) is 2. The number of nitrogens with one attached hydrogen (secondary N) is 1. The minimum atomic E-state index is -0.468. The molecule has 0 unspecified atom stereocenters. The Hall–Kier alpha value is -2.98. The lowest BCUT2D eigenvalue weighted by Gasteiger charge is -2.01. The second-order valence-electron chi connectivity index (χ2n) is 5.52. The van der Waals surface area contributed by atoms with Crippen LogP contribution in [0.5, 0.6) is 11.5 Å². The van der Waals surface area contributed by atoms with Crippen LogP contribution in [0.4, 0.5) is 5.69 Å². The van der Waals surface area contributed by atoms with Crippen molar-refractivity contribution in [3.63, 3.8) is 0 Å². The minimum absolute atomic E-state index is 0.0158. The predicted octanol–water partition coefficient (Wildman–Crippen LogP) is 4.06. The summed E-state index contributed by atoms with van der Waals surface area (Å²) in [4.78, 5) is 23.1. The van der Waals surface area contributed by atoms with Gasteiger partial charge in [0, 0.05) is 32.3 Å². The fourth-order valence-electron chi connectivity index (χ4n) is 2.50. The Morgan fingerprint density at radius 1 is 1.26 bits per heavy atom. The molecule has 1 aliphatic heterocycles. The first-order valence-corrected chi connectivity index (χ1v) is 9.23. The monoisotopic (exact) mass is 447 g/mol. The third-order valence-electron chi connectivity index (χ3n) is 3.80. The molecule has 0 bridgehead atoms. The molecule has 0 radical (unpaired) electrons. The van der Waals surface area contributed by atoms with Crippen LogP contribution in [-0.2, 0) is 0 Å². The molecular weight excluding hydrogens is 438 g/mol. The summed E-state index contributed by atoms with van der Waals surface area (Å²) in [5.41, 5.74) is 3.15. The molecular formula is C17H10BrN3O5S. The van der Waals surface area contributed by atoms with E-state index in [1.807, 2.05) is 0 Å². The zero-order valence-corrected chi connectivity index (χ0v) is 15.9. The van der Waals surface area contributed by atoms with Gasteiger partial charge in [0.2, 0.25) is 6.79 Å². The number of non-ortho nitro benzene ring substituents is 1. The Bertz CT molecular complexity index is 1110. The molecule has 8 nitrogen and oxygen atoms in total. The zero-order valence-electron chi connectivity index (χ0n) is 13.5. The van der Waals surface area contributed by atoms with E-state index >= 15 is 0 Å². The topological polar surface area (TPSA) is 103 Å². The molecule has 0 saturated heterocycles. The number of amides is 1. The highest BCUT2D eigenvalue weighted by molar-refractivity contribution is 9.10. The molecule has 0 saturated carbocycles. The molecule has 0 fully saturated rings. The van der Waals surface area contributed by atoms with Gasteiger partial charge in [0.1, 0.15) is 0 Å². The van der Waals surface area contributed by atoms with E-state index in [-0.39, 0.29) is 12.5 Å². The number of halogens is 1. The quantitative estimate of drug-likeness (QED) is 0.368. The number of carbonyl (C=O) groups is 1. The SMILES string of the molecule is O=C(NN=Cc1cc2c(cc1Br)OCO2)c1cc2cc([N+](=O)[O-])ccc2s1. The van der Waals surface area contributed by atoms with Crippen molar-refractivity contribution < 1.29 is 19.2 Å². The first-order valence-electron chi connectivity index (χ1n) is 7.62. The molecule has 4 rings (SSSR count). The van der Waals surface area contributed by atoms with Crippen molar-refractivity contribution in [3.8, 4) is 11.5 Å². The summed E-state index contributed by atoms with van der Waals surface area (Å²) in [5.74, 6) is 0.853. The lowest BCUT2D eigenvalue weighted by atomic mass is 10.2. The van der Waals surface area contributed by atoms with E-state index < -0.39 is 10.8 Å². The van der Waals surface area contributed by atoms with Crippen molar-refractivity contribution in [2.45, 2.75) is 0 Å². The highest BCUT2D eigenvalue weighted by atomic mass is 79.9. The van der Waals surface area contributed by atoms with Gasteiger partial charge in [-0.15, -0.1) is 11.3 Å². The number of rotatable bonds is 4. The summed E-state index contributed by atoms with van der Waals surface area (Å²) < 4.78 is 12.1. The molecule has 0 atom stereocenters. The summed E-state index contributed by atoms with van der Waals surface area (Å²) in [6.45, 7) is 0.170. The summed E-state index contributed by atoms with van der Waals surface area (Å²) in [5, 5.41) is 15.5. The number of hydrogen-bond donors (Lipinski definition) is 1. The Kier molecular flexibility index (Phi) is 4.50. The maximum atomic E-state index is 12.3. The van der Waals surface area contributed by atoms with Gasteiger partial charge in [-0.2, -0.15) is 5.10 Å². The molecule has 2 heterocycles. The Labute approximate surface area is 164 Å². The molecule has 1 aromatic heterocycles. The third kappa shape index (κ3) is 3.49. The molecule has 2 aromatic carbocycles. The van der Waals surface area contributed by atoms with Gasteiger partial charge in [-0.1, -0.05) is 0 Å². The summed E-state index contributed by atoms with van der Waals surface area (Å²) in [6.07, 6.45) is 1.49. The first-order chi connectivity index (χ1) is 13.0. The van der Waals surface area contributed by atoms with Gasteiger partial charge in [0.25, 0.3) is 11.6 Å². The van der Waals surface area contributed by atoms with Crippen molar-refractivity contribution in [3.05, 3.63) is 61.4 Å². The number of nitro benzene ring substituents is 1. The highest BCUT2D eigenvalue weighted by Crippen LogP contribution is 2.36. The molecule has 10 heteroatoms. The van der Waals surface area contributed by atoms with E-state index in [9.17, 15) is 14.9 Å². The van der Waals surface area contributed by atoms with Crippen LogP contribution in [-0.4, -0.2) is 23.8 Å². The standard InChI is InChI=1S/C17H10BrN3O5S/c18-12-6-14-13(25-8-26-14)4-10(12)7-19-20-17(22)16-5-9-3-11(21(23)24)1-2-15(9)27-16/h1-7H,8H2,(H,20,22). The van der Waals surface area contributed by atoms with Crippen LogP contribution in [0.3, 0.4) is 0 Å². The molecule has 1 N–H and O–H groups in total. The number of hydrazone groups is 1. The van der Waals surface area contributed by atoms with Crippen molar-refractivity contribution in [1.82, 2.24) is 5.43 Å². The lowest BCUT2D eigenvalue weighted by molar-refractivity contribution is -0.384. The molecule has 0 spiro atoms. The smallest absolute Gasteiger partial charge is 0.281 e. The fraction of sp³-hybridized carbons (Fsp3) is 0.0588. The van der Waals surface area contributed by atoms with E-state index in [0.29, 0.717) is 27.3 Å². The average Bonchev–Trinajstić information content (AvgIpc) is 3.27. The molecule has 27 heavy (non-hydrogen) atoms. The van der Waals surface area contributed by atoms with Crippen LogP contribution >= 0.6 is 27.3 Å². The van der Waals surface area contributed by atoms with E-state index in [1.54, 1.807) is 24.3 Å². The third-order valence-corrected chi connectivity index (χ3v) is 5.60. The lowest BCUT2D eigenvalue weighted by Crippen LogP contribution is -2.16. The molecule has 136 valence electrons. The highest BCUT2D eigenvalue weighted by Gasteiger charge is 2.16. The average molecular weight is 448 g/mol. The van der Waals surface area contributed by atoms with Gasteiger partial charge >= 0.3 is 0 Å². The van der Waals surface area contributed by atoms with Crippen LogP contribution in [0.25, 0.3) is 10.1 Å². The fourth-order valence-corrected chi connectivity index (χ4v) is 3.86. The van der Waals surface area contributed by atoms with Crippen LogP contribution in [0.1, 0.15) is 15.2 Å². The molecule has 0 aliphatic carbocycles. The van der Waals surface area contributed by atoms with Crippen molar-refractivity contribution in [2.75, 3.05) is 6.79 Å². The number of benzene rings is 2. The Balaban J connectivity index is 1.50. The van der Waals surface area contributed by atoms with Gasteiger partial charge in [0.15, 0.2) is 11.5 Å².